The van der Waals surface area contributed by atoms with Crippen LogP contribution in [0, 0.1) is 5.82 Å². The molecule has 0 radical (unpaired) electrons. The molecule has 2 rings (SSSR count). The van der Waals surface area contributed by atoms with Gasteiger partial charge >= 0.3 is 0 Å². The number of ether oxygens (including phenoxy) is 1. The van der Waals surface area contributed by atoms with E-state index in [1.165, 1.54) is 16.4 Å². The van der Waals surface area contributed by atoms with Gasteiger partial charge in [-0.15, -0.1) is 11.6 Å². The van der Waals surface area contributed by atoms with Crippen molar-refractivity contribution in [1.29, 1.82) is 0 Å². The van der Waals surface area contributed by atoms with Gasteiger partial charge in [0.05, 0.1) is 10.8 Å². The first kappa shape index (κ1) is 15.7. The van der Waals surface area contributed by atoms with Crippen molar-refractivity contribution < 1.29 is 17.5 Å². The number of nitrogens with zero attached hydrogens (tertiary/aromatic N) is 1. The summed E-state index contributed by atoms with van der Waals surface area (Å²) in [5.74, 6) is -0.552. The summed E-state index contributed by atoms with van der Waals surface area (Å²) in [5, 5.41) is 0. The van der Waals surface area contributed by atoms with E-state index in [1.807, 2.05) is 0 Å². The van der Waals surface area contributed by atoms with Crippen LogP contribution in [0.2, 0.25) is 0 Å². The molecular weight excluding hydrogens is 305 g/mol. The Balaban J connectivity index is 2.29. The van der Waals surface area contributed by atoms with Crippen molar-refractivity contribution in [2.24, 2.45) is 0 Å². The lowest BCUT2D eigenvalue weighted by Gasteiger charge is -2.30. The highest BCUT2D eigenvalue weighted by Crippen LogP contribution is 2.24. The Labute approximate surface area is 123 Å². The molecule has 1 aliphatic rings. The summed E-state index contributed by atoms with van der Waals surface area (Å²) in [4.78, 5) is 0.0727. The summed E-state index contributed by atoms with van der Waals surface area (Å²) in [6.07, 6.45) is 1.33. The molecule has 0 bridgehead atoms. The molecule has 0 aliphatic carbocycles. The number of hydrogen-bond donors (Lipinski definition) is 0. The van der Waals surface area contributed by atoms with Gasteiger partial charge in [0.15, 0.2) is 0 Å². The summed E-state index contributed by atoms with van der Waals surface area (Å²) in [5.41, 5.74) is 0.188. The molecule has 0 N–H and O–H groups in total. The third kappa shape index (κ3) is 3.14. The number of rotatable bonds is 4. The highest BCUT2D eigenvalue weighted by Gasteiger charge is 2.29. The average molecular weight is 322 g/mol. The summed E-state index contributed by atoms with van der Waals surface area (Å²) in [6.45, 7) is 1.11. The lowest BCUT2D eigenvalue weighted by molar-refractivity contribution is 0.0632. The van der Waals surface area contributed by atoms with Crippen LogP contribution in [0.5, 0.6) is 0 Å². The van der Waals surface area contributed by atoms with Crippen molar-refractivity contribution in [2.45, 2.75) is 29.7 Å². The minimum Gasteiger partial charge on any atom is -0.381 e. The monoisotopic (exact) mass is 321 g/mol. The standard InChI is InChI=1S/C13H17ClFNO3S/c1-16(11-4-6-19-7-5-11)20(17,18)12-2-3-13(15)10(8-12)9-14/h2-3,8,11H,4-7,9H2,1H3. The second-order valence-corrected chi connectivity index (χ2v) is 7.02. The van der Waals surface area contributed by atoms with Gasteiger partial charge in [0.2, 0.25) is 10.0 Å². The molecule has 1 aromatic carbocycles. The highest BCUT2D eigenvalue weighted by atomic mass is 35.5. The molecule has 0 spiro atoms. The summed E-state index contributed by atoms with van der Waals surface area (Å²) in [7, 11) is -2.08. The van der Waals surface area contributed by atoms with Crippen LogP contribution < -0.4 is 0 Å². The quantitative estimate of drug-likeness (QED) is 0.800. The van der Waals surface area contributed by atoms with Gasteiger partial charge in [-0.2, -0.15) is 4.31 Å². The maximum absolute atomic E-state index is 13.4. The Morgan fingerprint density at radius 1 is 1.40 bits per heavy atom. The zero-order chi connectivity index (χ0) is 14.8. The van der Waals surface area contributed by atoms with Gasteiger partial charge in [0.1, 0.15) is 5.82 Å². The lowest BCUT2D eigenvalue weighted by atomic mass is 10.1. The molecule has 0 aromatic heterocycles. The van der Waals surface area contributed by atoms with E-state index in [0.717, 1.165) is 6.07 Å². The normalized spacial score (nSPS) is 17.6. The first-order valence-corrected chi connectivity index (χ1v) is 8.34. The molecule has 1 aromatic rings. The van der Waals surface area contributed by atoms with E-state index in [2.05, 4.69) is 0 Å². The first-order valence-electron chi connectivity index (χ1n) is 6.37. The number of benzene rings is 1. The van der Waals surface area contributed by atoms with E-state index in [0.29, 0.717) is 26.1 Å². The Morgan fingerprint density at radius 2 is 2.05 bits per heavy atom. The number of halogens is 2. The molecule has 7 heteroatoms. The predicted molar refractivity (Wildman–Crippen MR) is 74.7 cm³/mol. The topological polar surface area (TPSA) is 46.6 Å². The maximum Gasteiger partial charge on any atom is 0.243 e. The van der Waals surface area contributed by atoms with Gasteiger partial charge in [0, 0.05) is 31.9 Å². The second-order valence-electron chi connectivity index (χ2n) is 4.75. The maximum atomic E-state index is 13.4. The molecule has 1 heterocycles. The molecule has 1 saturated heterocycles. The molecular formula is C13H17ClFNO3S. The lowest BCUT2D eigenvalue weighted by Crippen LogP contribution is -2.40. The van der Waals surface area contributed by atoms with E-state index in [-0.39, 0.29) is 22.4 Å². The Morgan fingerprint density at radius 3 is 2.65 bits per heavy atom. The molecule has 0 saturated carbocycles. The number of alkyl halides is 1. The van der Waals surface area contributed by atoms with Crippen molar-refractivity contribution in [1.82, 2.24) is 4.31 Å². The molecule has 20 heavy (non-hydrogen) atoms. The summed E-state index contributed by atoms with van der Waals surface area (Å²) < 4.78 is 45.0. The summed E-state index contributed by atoms with van der Waals surface area (Å²) in [6, 6.07) is 3.63. The summed E-state index contributed by atoms with van der Waals surface area (Å²) >= 11 is 5.62. The van der Waals surface area contributed by atoms with Crippen LogP contribution in [-0.2, 0) is 20.6 Å². The molecule has 4 nitrogen and oxygen atoms in total. The van der Waals surface area contributed by atoms with Crippen LogP contribution in [0.15, 0.2) is 23.1 Å². The third-order valence-electron chi connectivity index (χ3n) is 3.54. The van der Waals surface area contributed by atoms with Gasteiger partial charge < -0.3 is 4.74 Å². The molecule has 112 valence electrons. The molecule has 0 unspecified atom stereocenters. The largest absolute Gasteiger partial charge is 0.381 e. The second kappa shape index (κ2) is 6.39. The van der Waals surface area contributed by atoms with E-state index in [1.54, 1.807) is 7.05 Å². The van der Waals surface area contributed by atoms with Gasteiger partial charge in [0.25, 0.3) is 0 Å². The molecule has 0 atom stereocenters. The fourth-order valence-electron chi connectivity index (χ4n) is 2.23. The van der Waals surface area contributed by atoms with Crippen molar-refractivity contribution in [3.63, 3.8) is 0 Å². The van der Waals surface area contributed by atoms with E-state index in [9.17, 15) is 12.8 Å². The van der Waals surface area contributed by atoms with Crippen molar-refractivity contribution in [2.75, 3.05) is 20.3 Å². The van der Waals surface area contributed by atoms with Crippen LogP contribution in [-0.4, -0.2) is 39.0 Å². The Bertz CT molecular complexity index is 573. The van der Waals surface area contributed by atoms with Crippen LogP contribution in [0.4, 0.5) is 4.39 Å². The number of sulfonamides is 1. The van der Waals surface area contributed by atoms with Crippen LogP contribution in [0.3, 0.4) is 0 Å². The zero-order valence-corrected chi connectivity index (χ0v) is 12.8. The first-order chi connectivity index (χ1) is 9.46. The van der Waals surface area contributed by atoms with Gasteiger partial charge in [-0.25, -0.2) is 12.8 Å². The zero-order valence-electron chi connectivity index (χ0n) is 11.2. The van der Waals surface area contributed by atoms with Crippen molar-refractivity contribution >= 4 is 21.6 Å². The fourth-order valence-corrected chi connectivity index (χ4v) is 3.90. The van der Waals surface area contributed by atoms with E-state index in [4.69, 9.17) is 16.3 Å². The minimum absolute atomic E-state index is 0.0593. The van der Waals surface area contributed by atoms with Crippen LogP contribution in [0.25, 0.3) is 0 Å². The predicted octanol–water partition coefficient (Wildman–Crippen LogP) is 2.36. The van der Waals surface area contributed by atoms with Crippen molar-refractivity contribution in [3.8, 4) is 0 Å². The number of hydrogen-bond acceptors (Lipinski definition) is 3. The molecule has 1 aliphatic heterocycles. The molecule has 0 amide bonds. The smallest absolute Gasteiger partial charge is 0.243 e. The Kier molecular flexibility index (Phi) is 5.01. The average Bonchev–Trinajstić information content (AvgIpc) is 2.47. The SMILES string of the molecule is CN(C1CCOCC1)S(=O)(=O)c1ccc(F)c(CCl)c1. The minimum atomic E-state index is -3.64. The van der Waals surface area contributed by atoms with Gasteiger partial charge in [-0.1, -0.05) is 0 Å². The third-order valence-corrected chi connectivity index (χ3v) is 5.74. The van der Waals surface area contributed by atoms with E-state index >= 15 is 0 Å². The fraction of sp³-hybridized carbons (Fsp3) is 0.538. The van der Waals surface area contributed by atoms with Crippen LogP contribution >= 0.6 is 11.6 Å². The van der Waals surface area contributed by atoms with Gasteiger partial charge in [-0.3, -0.25) is 0 Å². The van der Waals surface area contributed by atoms with Crippen molar-refractivity contribution in [3.05, 3.63) is 29.6 Å². The highest BCUT2D eigenvalue weighted by molar-refractivity contribution is 7.89. The molecule has 1 fully saturated rings. The van der Waals surface area contributed by atoms with Gasteiger partial charge in [-0.05, 0) is 31.0 Å². The van der Waals surface area contributed by atoms with E-state index < -0.39 is 15.8 Å². The Hall–Kier alpha value is -0.690. The van der Waals surface area contributed by atoms with Crippen LogP contribution in [0.1, 0.15) is 18.4 Å².